The van der Waals surface area contributed by atoms with E-state index in [9.17, 15) is 4.79 Å². The lowest BCUT2D eigenvalue weighted by atomic mass is 10.00. The molecule has 9 nitrogen and oxygen atoms in total. The number of nitrogens with zero attached hydrogens (tertiary/aromatic N) is 3. The van der Waals surface area contributed by atoms with Crippen LogP contribution in [0.25, 0.3) is 10.9 Å². The maximum Gasteiger partial charge on any atom is 0.251 e. The molecule has 2 aromatic rings. The number of hydrogen-bond acceptors (Lipinski definition) is 8. The fraction of sp³-hybridized carbons (Fsp3) is 0.417. The third-order valence-electron chi connectivity index (χ3n) is 5.25. The van der Waals surface area contributed by atoms with Gasteiger partial charge in [0.15, 0.2) is 0 Å². The Labute approximate surface area is 193 Å². The Bertz CT molecular complexity index is 1080. The van der Waals surface area contributed by atoms with Crippen molar-refractivity contribution in [2.45, 2.75) is 45.9 Å². The summed E-state index contributed by atoms with van der Waals surface area (Å²) >= 11 is 0. The molecule has 1 amide bonds. The number of hydrogen-bond donors (Lipinski definition) is 2. The van der Waals surface area contributed by atoms with Crippen molar-refractivity contribution < 1.29 is 19.0 Å². The molecule has 3 N–H and O–H groups in total. The Balaban J connectivity index is 1.82. The second-order valence-electron chi connectivity index (χ2n) is 7.69. The van der Waals surface area contributed by atoms with Crippen molar-refractivity contribution >= 4 is 22.6 Å². The van der Waals surface area contributed by atoms with Crippen LogP contribution in [0.15, 0.2) is 53.2 Å². The number of nitrogen functional groups attached to an aromatic ring is 1. The minimum absolute atomic E-state index is 0.130. The highest BCUT2D eigenvalue weighted by molar-refractivity contribution is 5.99. The summed E-state index contributed by atoms with van der Waals surface area (Å²) < 4.78 is 16.6. The number of amides is 1. The van der Waals surface area contributed by atoms with E-state index in [1.54, 1.807) is 12.1 Å². The molecule has 0 radical (unpaired) electrons. The smallest absolute Gasteiger partial charge is 0.251 e. The summed E-state index contributed by atoms with van der Waals surface area (Å²) in [5.74, 6) is 0.340. The van der Waals surface area contributed by atoms with Crippen LogP contribution in [0.4, 0.5) is 5.82 Å². The van der Waals surface area contributed by atoms with Gasteiger partial charge in [0, 0.05) is 23.1 Å². The van der Waals surface area contributed by atoms with Crippen LogP contribution < -0.4 is 11.1 Å². The number of pyridine rings is 1. The fourth-order valence-corrected chi connectivity index (χ4v) is 3.60. The zero-order valence-corrected chi connectivity index (χ0v) is 19.4. The molecule has 1 aliphatic heterocycles. The van der Waals surface area contributed by atoms with Crippen LogP contribution in [-0.4, -0.2) is 36.8 Å². The molecular weight excluding hydrogens is 422 g/mol. The number of nitrogens with one attached hydrogen (secondary N) is 1. The highest BCUT2D eigenvalue weighted by Crippen LogP contribution is 2.38. The van der Waals surface area contributed by atoms with E-state index in [0.717, 1.165) is 28.5 Å². The minimum atomic E-state index is -0.573. The second-order valence-corrected chi connectivity index (χ2v) is 7.69. The van der Waals surface area contributed by atoms with Gasteiger partial charge in [-0.15, -0.1) is 5.11 Å². The van der Waals surface area contributed by atoms with Gasteiger partial charge in [-0.1, -0.05) is 13.5 Å². The van der Waals surface area contributed by atoms with Crippen LogP contribution in [0.1, 0.15) is 54.8 Å². The molecule has 0 bridgehead atoms. The molecule has 9 heteroatoms. The zero-order valence-electron chi connectivity index (χ0n) is 19.4. The summed E-state index contributed by atoms with van der Waals surface area (Å²) in [7, 11) is 0. The van der Waals surface area contributed by atoms with Crippen molar-refractivity contribution in [1.29, 1.82) is 0 Å². The van der Waals surface area contributed by atoms with E-state index in [4.69, 9.17) is 19.9 Å². The van der Waals surface area contributed by atoms with Crippen molar-refractivity contribution in [2.24, 2.45) is 10.2 Å². The van der Waals surface area contributed by atoms with Crippen molar-refractivity contribution in [3.05, 3.63) is 59.6 Å². The van der Waals surface area contributed by atoms with Crippen molar-refractivity contribution in [3.63, 3.8) is 0 Å². The number of carbonyl (C=O) groups is 1. The quantitative estimate of drug-likeness (QED) is 0.295. The molecule has 0 aliphatic carbocycles. The van der Waals surface area contributed by atoms with Gasteiger partial charge in [0.2, 0.25) is 5.88 Å². The van der Waals surface area contributed by atoms with Crippen molar-refractivity contribution in [1.82, 2.24) is 10.3 Å². The SMILES string of the molecule is C=C(N=NC(=C)[C@@H](COCCC)NC(=O)c1ccc2nc(N)c3c(c2c1)CO[C@@H]3C)OCC. The highest BCUT2D eigenvalue weighted by Gasteiger charge is 2.26. The van der Waals surface area contributed by atoms with Crippen molar-refractivity contribution in [3.8, 4) is 0 Å². The van der Waals surface area contributed by atoms with Gasteiger partial charge in [0.1, 0.15) is 5.82 Å². The van der Waals surface area contributed by atoms with Gasteiger partial charge >= 0.3 is 0 Å². The summed E-state index contributed by atoms with van der Waals surface area (Å²) in [5.41, 5.74) is 9.50. The Hall–Kier alpha value is -3.30. The molecule has 2 atom stereocenters. The molecular formula is C24H31N5O4. The first-order valence-corrected chi connectivity index (χ1v) is 11.0. The number of aromatic nitrogens is 1. The third kappa shape index (κ3) is 5.74. The van der Waals surface area contributed by atoms with E-state index in [2.05, 4.69) is 33.7 Å². The number of benzene rings is 1. The standard InChI is InChI=1S/C24H31N5O4/c1-6-10-31-13-21(14(3)28-29-16(5)32-7-2)27-24(30)17-8-9-20-18(11-17)19-12-33-15(4)22(19)23(25)26-20/h8-9,11,15,21H,3,5-7,10,12-13H2,1-2,4H3,(H2,25,26)(H,27,30)/t15-,21-/m1/s1. The first-order valence-electron chi connectivity index (χ1n) is 11.0. The maximum absolute atomic E-state index is 13.1. The van der Waals surface area contributed by atoms with E-state index in [1.165, 1.54) is 0 Å². The van der Waals surface area contributed by atoms with Crippen LogP contribution >= 0.6 is 0 Å². The molecule has 0 fully saturated rings. The van der Waals surface area contributed by atoms with Gasteiger partial charge in [0.25, 0.3) is 5.91 Å². The summed E-state index contributed by atoms with van der Waals surface area (Å²) in [6.07, 6.45) is 0.719. The molecule has 0 spiro atoms. The summed E-state index contributed by atoms with van der Waals surface area (Å²) in [6.45, 7) is 15.0. The number of rotatable bonds is 11. The molecule has 0 unspecified atom stereocenters. The number of azo groups is 1. The molecule has 1 aromatic heterocycles. The van der Waals surface area contributed by atoms with Crippen molar-refractivity contribution in [2.75, 3.05) is 25.6 Å². The Morgan fingerprint density at radius 2 is 2.15 bits per heavy atom. The van der Waals surface area contributed by atoms with E-state index in [1.807, 2.05) is 26.8 Å². The molecule has 176 valence electrons. The molecule has 33 heavy (non-hydrogen) atoms. The first-order chi connectivity index (χ1) is 15.8. The van der Waals surface area contributed by atoms with Crippen LogP contribution in [0.3, 0.4) is 0 Å². The Kier molecular flexibility index (Phi) is 8.13. The van der Waals surface area contributed by atoms with E-state index < -0.39 is 6.04 Å². The lowest BCUT2D eigenvalue weighted by molar-refractivity contribution is 0.0801. The predicted octanol–water partition coefficient (Wildman–Crippen LogP) is 4.41. The third-order valence-corrected chi connectivity index (χ3v) is 5.25. The van der Waals surface area contributed by atoms with Gasteiger partial charge in [-0.3, -0.25) is 4.79 Å². The summed E-state index contributed by atoms with van der Waals surface area (Å²) in [5, 5.41) is 11.7. The molecule has 1 aromatic carbocycles. The lowest BCUT2D eigenvalue weighted by Crippen LogP contribution is -2.39. The molecule has 0 saturated carbocycles. The molecule has 0 saturated heterocycles. The topological polar surface area (TPSA) is 120 Å². The number of nitrogens with two attached hydrogens (primary N) is 1. The average molecular weight is 454 g/mol. The minimum Gasteiger partial charge on any atom is -0.477 e. The monoisotopic (exact) mass is 453 g/mol. The molecule has 2 heterocycles. The molecule has 3 rings (SSSR count). The fourth-order valence-electron chi connectivity index (χ4n) is 3.60. The Morgan fingerprint density at radius 3 is 2.88 bits per heavy atom. The van der Waals surface area contributed by atoms with E-state index >= 15 is 0 Å². The maximum atomic E-state index is 13.1. The molecule has 1 aliphatic rings. The predicted molar refractivity (Wildman–Crippen MR) is 126 cm³/mol. The number of ether oxygens (including phenoxy) is 3. The highest BCUT2D eigenvalue weighted by atomic mass is 16.5. The van der Waals surface area contributed by atoms with Crippen LogP contribution in [0.2, 0.25) is 0 Å². The van der Waals surface area contributed by atoms with E-state index in [-0.39, 0.29) is 24.5 Å². The number of anilines is 1. The number of fused-ring (bicyclic) bond motifs is 3. The van der Waals surface area contributed by atoms with Gasteiger partial charge in [0.05, 0.1) is 43.2 Å². The van der Waals surface area contributed by atoms with Gasteiger partial charge in [-0.2, -0.15) is 5.11 Å². The largest absolute Gasteiger partial charge is 0.477 e. The van der Waals surface area contributed by atoms with Gasteiger partial charge in [-0.25, -0.2) is 4.98 Å². The Morgan fingerprint density at radius 1 is 1.36 bits per heavy atom. The normalized spacial score (nSPS) is 16.0. The first kappa shape index (κ1) is 24.3. The van der Waals surface area contributed by atoms with Gasteiger partial charge < -0.3 is 25.3 Å². The van der Waals surface area contributed by atoms with E-state index in [0.29, 0.717) is 36.9 Å². The summed E-state index contributed by atoms with van der Waals surface area (Å²) in [6, 6.07) is 4.73. The number of carbonyl (C=O) groups excluding carboxylic acids is 1. The van der Waals surface area contributed by atoms with Crippen LogP contribution in [0, 0.1) is 0 Å². The van der Waals surface area contributed by atoms with Crippen LogP contribution in [-0.2, 0) is 20.8 Å². The lowest BCUT2D eigenvalue weighted by Gasteiger charge is -2.18. The van der Waals surface area contributed by atoms with Crippen LogP contribution in [0.5, 0.6) is 0 Å². The average Bonchev–Trinajstić information content (AvgIpc) is 3.19. The second kappa shape index (κ2) is 11.0. The zero-order chi connectivity index (χ0) is 24.0. The van der Waals surface area contributed by atoms with Gasteiger partial charge in [-0.05, 0) is 50.6 Å². The summed E-state index contributed by atoms with van der Waals surface area (Å²) in [4.78, 5) is 17.6.